The Kier molecular flexibility index (Phi) is 4.01. The Morgan fingerprint density at radius 3 is 2.37 bits per heavy atom. The number of anilines is 1. The Balaban J connectivity index is 2.03. The molecular weight excluding hydrogens is 312 g/mol. The number of carbonyl (C=O) groups is 2. The monoisotopic (exact) mass is 322 g/mol. The summed E-state index contributed by atoms with van der Waals surface area (Å²) in [5, 5.41) is 2.68. The zero-order valence-electron chi connectivity index (χ0n) is 9.85. The van der Waals surface area contributed by atoms with E-state index >= 15 is 0 Å². The fourth-order valence-corrected chi connectivity index (χ4v) is 1.84. The molecule has 5 nitrogen and oxygen atoms in total. The van der Waals surface area contributed by atoms with Crippen LogP contribution in [-0.2, 0) is 11.2 Å². The largest absolute Gasteiger partial charge is 0.444 e. The maximum Gasteiger partial charge on any atom is 0.291 e. The summed E-state index contributed by atoms with van der Waals surface area (Å²) in [6.07, 6.45) is 0.180. The van der Waals surface area contributed by atoms with E-state index in [1.807, 2.05) is 0 Å². The molecule has 1 aromatic carbocycles. The summed E-state index contributed by atoms with van der Waals surface area (Å²) in [5.74, 6) is -0.515. The molecule has 19 heavy (non-hydrogen) atoms. The molecular formula is C13H11BrN2O3. The molecule has 0 aliphatic rings. The molecule has 2 amide bonds. The zero-order valence-corrected chi connectivity index (χ0v) is 11.4. The third-order valence-electron chi connectivity index (χ3n) is 2.39. The summed E-state index contributed by atoms with van der Waals surface area (Å²) in [5.41, 5.74) is 6.51. The van der Waals surface area contributed by atoms with Crippen molar-refractivity contribution in [3.63, 3.8) is 0 Å². The number of nitrogens with two attached hydrogens (primary N) is 1. The molecule has 0 spiro atoms. The molecule has 3 N–H and O–H groups in total. The summed E-state index contributed by atoms with van der Waals surface area (Å²) in [4.78, 5) is 22.5. The van der Waals surface area contributed by atoms with Gasteiger partial charge < -0.3 is 15.5 Å². The van der Waals surface area contributed by atoms with Crippen molar-refractivity contribution in [2.75, 3.05) is 5.32 Å². The third kappa shape index (κ3) is 3.69. The summed E-state index contributed by atoms with van der Waals surface area (Å²) < 4.78 is 5.63. The summed E-state index contributed by atoms with van der Waals surface area (Å²) >= 11 is 3.13. The maximum atomic E-state index is 11.8. The van der Waals surface area contributed by atoms with E-state index in [9.17, 15) is 9.59 Å². The van der Waals surface area contributed by atoms with E-state index in [1.54, 1.807) is 36.4 Å². The normalized spacial score (nSPS) is 10.2. The summed E-state index contributed by atoms with van der Waals surface area (Å²) in [7, 11) is 0. The van der Waals surface area contributed by atoms with Gasteiger partial charge in [0.15, 0.2) is 10.4 Å². The van der Waals surface area contributed by atoms with E-state index in [-0.39, 0.29) is 18.1 Å². The number of hydrogen-bond acceptors (Lipinski definition) is 3. The molecule has 2 rings (SSSR count). The highest BCUT2D eigenvalue weighted by Gasteiger charge is 2.10. The predicted octanol–water partition coefficient (Wildman–Crippen LogP) is 2.32. The Bertz CT molecular complexity index is 605. The lowest BCUT2D eigenvalue weighted by Crippen LogP contribution is -2.14. The molecule has 0 radical (unpaired) electrons. The average Bonchev–Trinajstić information content (AvgIpc) is 2.78. The quantitative estimate of drug-likeness (QED) is 0.905. The van der Waals surface area contributed by atoms with Crippen molar-refractivity contribution >= 4 is 33.4 Å². The minimum Gasteiger partial charge on any atom is -0.444 e. The van der Waals surface area contributed by atoms with Crippen molar-refractivity contribution in [3.8, 4) is 0 Å². The van der Waals surface area contributed by atoms with Gasteiger partial charge in [-0.3, -0.25) is 9.59 Å². The predicted molar refractivity (Wildman–Crippen MR) is 73.7 cm³/mol. The van der Waals surface area contributed by atoms with E-state index in [2.05, 4.69) is 21.2 Å². The smallest absolute Gasteiger partial charge is 0.291 e. The average molecular weight is 323 g/mol. The minimum atomic E-state index is -0.391. The van der Waals surface area contributed by atoms with Gasteiger partial charge in [0.1, 0.15) is 0 Å². The molecule has 2 aromatic rings. The molecule has 98 valence electrons. The van der Waals surface area contributed by atoms with Crippen LogP contribution in [-0.4, -0.2) is 11.8 Å². The number of nitrogens with one attached hydrogen (secondary N) is 1. The minimum absolute atomic E-state index is 0.180. The Hall–Kier alpha value is -2.08. The molecule has 0 unspecified atom stereocenters. The van der Waals surface area contributed by atoms with Crippen molar-refractivity contribution in [2.45, 2.75) is 6.42 Å². The van der Waals surface area contributed by atoms with Gasteiger partial charge in [0.2, 0.25) is 5.91 Å². The van der Waals surface area contributed by atoms with Gasteiger partial charge >= 0.3 is 0 Å². The second kappa shape index (κ2) is 5.71. The van der Waals surface area contributed by atoms with Gasteiger partial charge in [-0.25, -0.2) is 0 Å². The number of hydrogen-bond donors (Lipinski definition) is 2. The Labute approximate surface area is 117 Å². The van der Waals surface area contributed by atoms with Crippen LogP contribution in [0.4, 0.5) is 5.69 Å². The zero-order chi connectivity index (χ0) is 13.8. The third-order valence-corrected chi connectivity index (χ3v) is 2.81. The second-order valence-corrected chi connectivity index (χ2v) is 4.68. The lowest BCUT2D eigenvalue weighted by molar-refractivity contribution is -0.117. The van der Waals surface area contributed by atoms with Gasteiger partial charge in [-0.15, -0.1) is 0 Å². The molecule has 0 saturated heterocycles. The van der Waals surface area contributed by atoms with Crippen LogP contribution in [0.1, 0.15) is 16.1 Å². The van der Waals surface area contributed by atoms with Crippen LogP contribution in [0.25, 0.3) is 0 Å². The van der Waals surface area contributed by atoms with Crippen LogP contribution < -0.4 is 11.1 Å². The van der Waals surface area contributed by atoms with E-state index < -0.39 is 5.91 Å². The molecule has 0 aliphatic heterocycles. The van der Waals surface area contributed by atoms with Gasteiger partial charge in [-0.2, -0.15) is 0 Å². The van der Waals surface area contributed by atoms with Crippen molar-refractivity contribution in [1.82, 2.24) is 0 Å². The highest BCUT2D eigenvalue weighted by molar-refractivity contribution is 9.10. The molecule has 1 heterocycles. The van der Waals surface area contributed by atoms with E-state index in [0.717, 1.165) is 5.56 Å². The lowest BCUT2D eigenvalue weighted by Gasteiger charge is -2.04. The van der Waals surface area contributed by atoms with Crippen molar-refractivity contribution in [2.24, 2.45) is 5.73 Å². The van der Waals surface area contributed by atoms with Crippen LogP contribution >= 0.6 is 15.9 Å². The first kappa shape index (κ1) is 13.4. The van der Waals surface area contributed by atoms with Crippen molar-refractivity contribution < 1.29 is 14.0 Å². The van der Waals surface area contributed by atoms with E-state index in [1.165, 1.54) is 0 Å². The fraction of sp³-hybridized carbons (Fsp3) is 0.0769. The number of primary amides is 1. The summed E-state index contributed by atoms with van der Waals surface area (Å²) in [6, 6.07) is 10.1. The number of amides is 2. The number of carbonyl (C=O) groups excluding carboxylic acids is 2. The highest BCUT2D eigenvalue weighted by Crippen LogP contribution is 2.16. The van der Waals surface area contributed by atoms with Crippen LogP contribution in [0, 0.1) is 0 Å². The summed E-state index contributed by atoms with van der Waals surface area (Å²) in [6.45, 7) is 0. The SMILES string of the molecule is NC(=O)Cc1ccc(NC(=O)c2ccc(Br)o2)cc1. The Morgan fingerprint density at radius 2 is 1.84 bits per heavy atom. The first-order valence-corrected chi connectivity index (χ1v) is 6.28. The molecule has 0 bridgehead atoms. The standard InChI is InChI=1S/C13H11BrN2O3/c14-11-6-5-10(19-11)13(18)16-9-3-1-8(2-4-9)7-12(15)17/h1-6H,7H2,(H2,15,17)(H,16,18). The van der Waals surface area contributed by atoms with E-state index in [4.69, 9.17) is 10.2 Å². The lowest BCUT2D eigenvalue weighted by atomic mass is 10.1. The topological polar surface area (TPSA) is 85.3 Å². The van der Waals surface area contributed by atoms with Gasteiger partial charge in [0.05, 0.1) is 6.42 Å². The number of halogens is 1. The molecule has 1 aromatic heterocycles. The Morgan fingerprint density at radius 1 is 1.16 bits per heavy atom. The van der Waals surface area contributed by atoms with Gasteiger partial charge in [-0.1, -0.05) is 12.1 Å². The highest BCUT2D eigenvalue weighted by atomic mass is 79.9. The van der Waals surface area contributed by atoms with Crippen LogP contribution in [0.2, 0.25) is 0 Å². The van der Waals surface area contributed by atoms with E-state index in [0.29, 0.717) is 10.4 Å². The number of rotatable bonds is 4. The van der Waals surface area contributed by atoms with Crippen LogP contribution in [0.15, 0.2) is 45.5 Å². The molecule has 6 heteroatoms. The molecule has 0 aliphatic carbocycles. The van der Waals surface area contributed by atoms with Gasteiger partial charge in [-0.05, 0) is 45.8 Å². The fourth-order valence-electron chi connectivity index (χ4n) is 1.54. The molecule has 0 fully saturated rings. The van der Waals surface area contributed by atoms with Crippen LogP contribution in [0.3, 0.4) is 0 Å². The number of benzene rings is 1. The van der Waals surface area contributed by atoms with Crippen LogP contribution in [0.5, 0.6) is 0 Å². The van der Waals surface area contributed by atoms with Gasteiger partial charge in [0, 0.05) is 5.69 Å². The first-order chi connectivity index (χ1) is 9.04. The molecule has 0 saturated carbocycles. The second-order valence-electron chi connectivity index (χ2n) is 3.90. The maximum absolute atomic E-state index is 11.8. The first-order valence-electron chi connectivity index (χ1n) is 5.48. The van der Waals surface area contributed by atoms with Crippen molar-refractivity contribution in [1.29, 1.82) is 0 Å². The van der Waals surface area contributed by atoms with Gasteiger partial charge in [0.25, 0.3) is 5.91 Å². The van der Waals surface area contributed by atoms with Crippen molar-refractivity contribution in [3.05, 3.63) is 52.4 Å². The number of furan rings is 1. The molecule has 0 atom stereocenters.